The van der Waals surface area contributed by atoms with Crippen LogP contribution < -0.4 is 5.73 Å². The van der Waals surface area contributed by atoms with Gasteiger partial charge in [0.15, 0.2) is 0 Å². The highest BCUT2D eigenvalue weighted by Gasteiger charge is 2.43. The summed E-state index contributed by atoms with van der Waals surface area (Å²) in [6.07, 6.45) is 0.440. The van der Waals surface area contributed by atoms with E-state index in [0.29, 0.717) is 17.4 Å². The lowest BCUT2D eigenvalue weighted by molar-refractivity contribution is -0.126. The van der Waals surface area contributed by atoms with Gasteiger partial charge in [-0.2, -0.15) is 4.31 Å². The second-order valence-corrected chi connectivity index (χ2v) is 8.76. The van der Waals surface area contributed by atoms with Crippen LogP contribution in [0.3, 0.4) is 0 Å². The summed E-state index contributed by atoms with van der Waals surface area (Å²) in [6.45, 7) is 2.11. The molecule has 1 aromatic carbocycles. The summed E-state index contributed by atoms with van der Waals surface area (Å²) < 4.78 is 27.8. The quantitative estimate of drug-likeness (QED) is 0.804. The topological polar surface area (TPSA) is 80.5 Å². The van der Waals surface area contributed by atoms with Gasteiger partial charge in [0.25, 0.3) is 0 Å². The molecule has 5 nitrogen and oxygen atoms in total. The van der Waals surface area contributed by atoms with Crippen molar-refractivity contribution in [3.63, 3.8) is 0 Å². The largest absolute Gasteiger partial charge is 0.369 e. The van der Waals surface area contributed by atoms with Crippen molar-refractivity contribution in [2.45, 2.75) is 18.2 Å². The third-order valence-corrected chi connectivity index (χ3v) is 6.86. The first-order chi connectivity index (χ1) is 9.17. The minimum atomic E-state index is -3.63. The van der Waals surface area contributed by atoms with Crippen molar-refractivity contribution in [1.82, 2.24) is 4.31 Å². The summed E-state index contributed by atoms with van der Waals surface area (Å²) in [7, 11) is -3.63. The number of nitrogens with two attached hydrogens (primary N) is 1. The predicted octanol–water partition coefficient (Wildman–Crippen LogP) is 2.10. The molecule has 0 saturated carbocycles. The molecule has 2 N–H and O–H groups in total. The molecule has 0 aromatic heterocycles. The molecule has 1 fully saturated rings. The van der Waals surface area contributed by atoms with E-state index in [1.807, 2.05) is 0 Å². The normalized spacial score (nSPS) is 23.9. The number of nitrogens with zero attached hydrogens (tertiary/aromatic N) is 1. The monoisotopic (exact) mass is 424 g/mol. The number of rotatable bonds is 3. The van der Waals surface area contributed by atoms with Gasteiger partial charge in [0.05, 0.1) is 10.3 Å². The Kier molecular flexibility index (Phi) is 4.30. The third-order valence-electron chi connectivity index (χ3n) is 3.54. The zero-order valence-corrected chi connectivity index (χ0v) is 14.8. The highest BCUT2D eigenvalue weighted by molar-refractivity contribution is 9.11. The maximum Gasteiger partial charge on any atom is 0.244 e. The summed E-state index contributed by atoms with van der Waals surface area (Å²) in [5.74, 6) is -0.468. The predicted molar refractivity (Wildman–Crippen MR) is 82.5 cm³/mol. The molecule has 1 saturated heterocycles. The zero-order valence-electron chi connectivity index (χ0n) is 10.8. The minimum absolute atomic E-state index is 0.118. The van der Waals surface area contributed by atoms with E-state index in [1.54, 1.807) is 19.1 Å². The van der Waals surface area contributed by atoms with E-state index in [-0.39, 0.29) is 11.4 Å². The van der Waals surface area contributed by atoms with Gasteiger partial charge >= 0.3 is 0 Å². The Morgan fingerprint density at radius 1 is 1.40 bits per heavy atom. The van der Waals surface area contributed by atoms with Crippen molar-refractivity contribution in [3.8, 4) is 0 Å². The van der Waals surface area contributed by atoms with Crippen LogP contribution in [0.5, 0.6) is 0 Å². The van der Waals surface area contributed by atoms with Crippen molar-refractivity contribution < 1.29 is 13.2 Å². The van der Waals surface area contributed by atoms with Gasteiger partial charge in [-0.05, 0) is 47.5 Å². The molecule has 1 amide bonds. The number of halogens is 2. The van der Waals surface area contributed by atoms with Gasteiger partial charge < -0.3 is 5.73 Å². The standard InChI is InChI=1S/C12H14Br2N2O3S/c1-12(11(15)17)4-5-16(7-12)20(18,19)10-3-2-8(13)6-9(10)14/h2-3,6H,4-5,7H2,1H3,(H2,15,17). The van der Waals surface area contributed by atoms with Gasteiger partial charge in [0.1, 0.15) is 0 Å². The van der Waals surface area contributed by atoms with E-state index in [2.05, 4.69) is 31.9 Å². The molecule has 0 bridgehead atoms. The minimum Gasteiger partial charge on any atom is -0.369 e. The van der Waals surface area contributed by atoms with Crippen molar-refractivity contribution in [3.05, 3.63) is 27.1 Å². The molecule has 2 rings (SSSR count). The Bertz CT molecular complexity index is 663. The van der Waals surface area contributed by atoms with Crippen LogP contribution in [0.4, 0.5) is 0 Å². The van der Waals surface area contributed by atoms with Crippen molar-refractivity contribution in [2.75, 3.05) is 13.1 Å². The molecule has 1 heterocycles. The van der Waals surface area contributed by atoms with Gasteiger partial charge in [-0.15, -0.1) is 0 Å². The fourth-order valence-electron chi connectivity index (χ4n) is 2.15. The molecule has 0 aliphatic carbocycles. The van der Waals surface area contributed by atoms with Crippen molar-refractivity contribution in [2.24, 2.45) is 11.1 Å². The molecule has 1 atom stereocenters. The number of hydrogen-bond donors (Lipinski definition) is 1. The number of benzene rings is 1. The van der Waals surface area contributed by atoms with E-state index in [4.69, 9.17) is 5.73 Å². The molecule has 0 radical (unpaired) electrons. The van der Waals surface area contributed by atoms with Crippen LogP contribution >= 0.6 is 31.9 Å². The Balaban J connectivity index is 2.35. The second-order valence-electron chi connectivity index (χ2n) is 5.09. The van der Waals surface area contributed by atoms with E-state index in [0.717, 1.165) is 4.47 Å². The van der Waals surface area contributed by atoms with E-state index < -0.39 is 21.3 Å². The molecule has 20 heavy (non-hydrogen) atoms. The Labute approximate surface area is 134 Å². The third kappa shape index (κ3) is 2.79. The fraction of sp³-hybridized carbons (Fsp3) is 0.417. The summed E-state index contributed by atoms with van der Waals surface area (Å²) in [4.78, 5) is 11.6. The molecular weight excluding hydrogens is 412 g/mol. The zero-order chi connectivity index (χ0) is 15.1. The van der Waals surface area contributed by atoms with Crippen LogP contribution in [-0.2, 0) is 14.8 Å². The first kappa shape index (κ1) is 15.9. The molecular formula is C12H14Br2N2O3S. The summed E-state index contributed by atoms with van der Waals surface area (Å²) in [5, 5.41) is 0. The number of carbonyl (C=O) groups is 1. The van der Waals surface area contributed by atoms with Crippen LogP contribution in [0.15, 0.2) is 32.0 Å². The number of primary amides is 1. The summed E-state index contributed by atoms with van der Waals surface area (Å²) >= 11 is 6.54. The van der Waals surface area contributed by atoms with Gasteiger partial charge in [-0.3, -0.25) is 4.79 Å². The first-order valence-corrected chi connectivity index (χ1v) is 8.94. The SMILES string of the molecule is CC1(C(N)=O)CCN(S(=O)(=O)c2ccc(Br)cc2Br)C1. The van der Waals surface area contributed by atoms with Crippen molar-refractivity contribution in [1.29, 1.82) is 0 Å². The van der Waals surface area contributed by atoms with Crippen LogP contribution in [0.25, 0.3) is 0 Å². The fourth-order valence-corrected chi connectivity index (χ4v) is 5.42. The molecule has 8 heteroatoms. The van der Waals surface area contributed by atoms with E-state index >= 15 is 0 Å². The molecule has 110 valence electrons. The maximum absolute atomic E-state index is 12.6. The summed E-state index contributed by atoms with van der Waals surface area (Å²) in [5.41, 5.74) is 4.55. The smallest absolute Gasteiger partial charge is 0.244 e. The van der Waals surface area contributed by atoms with Gasteiger partial charge in [0, 0.05) is 22.0 Å². The number of carbonyl (C=O) groups excluding carboxylic acids is 1. The summed E-state index contributed by atoms with van der Waals surface area (Å²) in [6, 6.07) is 4.88. The molecule has 1 aromatic rings. The Morgan fingerprint density at radius 3 is 2.55 bits per heavy atom. The molecule has 1 aliphatic heterocycles. The average Bonchev–Trinajstić information content (AvgIpc) is 2.73. The lowest BCUT2D eigenvalue weighted by atomic mass is 9.89. The second kappa shape index (κ2) is 5.40. The number of amides is 1. The number of hydrogen-bond acceptors (Lipinski definition) is 3. The van der Waals surface area contributed by atoms with Crippen LogP contribution in [0, 0.1) is 5.41 Å². The first-order valence-electron chi connectivity index (χ1n) is 5.92. The Morgan fingerprint density at radius 2 is 2.05 bits per heavy atom. The van der Waals surface area contributed by atoms with Crippen LogP contribution in [-0.4, -0.2) is 31.7 Å². The highest BCUT2D eigenvalue weighted by Crippen LogP contribution is 2.35. The maximum atomic E-state index is 12.6. The Hall–Kier alpha value is -0.440. The lowest BCUT2D eigenvalue weighted by Crippen LogP contribution is -2.38. The van der Waals surface area contributed by atoms with Crippen LogP contribution in [0.2, 0.25) is 0 Å². The molecule has 0 spiro atoms. The van der Waals surface area contributed by atoms with Crippen LogP contribution in [0.1, 0.15) is 13.3 Å². The number of sulfonamides is 1. The van der Waals surface area contributed by atoms with E-state index in [9.17, 15) is 13.2 Å². The van der Waals surface area contributed by atoms with Crippen molar-refractivity contribution >= 4 is 47.8 Å². The van der Waals surface area contributed by atoms with Gasteiger partial charge in [-0.1, -0.05) is 15.9 Å². The van der Waals surface area contributed by atoms with Gasteiger partial charge in [0.2, 0.25) is 15.9 Å². The average molecular weight is 426 g/mol. The lowest BCUT2D eigenvalue weighted by Gasteiger charge is -2.21. The molecule has 1 aliphatic rings. The van der Waals surface area contributed by atoms with E-state index in [1.165, 1.54) is 10.4 Å². The molecule has 1 unspecified atom stereocenters. The highest BCUT2D eigenvalue weighted by atomic mass is 79.9. The van der Waals surface area contributed by atoms with Gasteiger partial charge in [-0.25, -0.2) is 8.42 Å².